The van der Waals surface area contributed by atoms with Crippen LogP contribution in [0.25, 0.3) is 0 Å². The van der Waals surface area contributed by atoms with Crippen LogP contribution in [0.2, 0.25) is 0 Å². The van der Waals surface area contributed by atoms with Crippen LogP contribution < -0.4 is 11.1 Å². The molecule has 0 saturated carbocycles. The lowest BCUT2D eigenvalue weighted by Crippen LogP contribution is -2.33. The first-order valence-electron chi connectivity index (χ1n) is 7.41. The molecule has 2 aromatic rings. The van der Waals surface area contributed by atoms with E-state index in [1.807, 2.05) is 37.3 Å². The standard InChI is InChI=1S/C18H20N2O3/c1-12(11-16(21)13-5-3-2-4-6-13)20-18(23)15-9-7-14(8-10-15)17(19)22/h2-10,12,16,21H,11H2,1H3,(H2,19,22)(H,20,23). The van der Waals surface area contributed by atoms with E-state index < -0.39 is 12.0 Å². The van der Waals surface area contributed by atoms with Crippen molar-refractivity contribution in [2.24, 2.45) is 5.73 Å². The van der Waals surface area contributed by atoms with E-state index in [2.05, 4.69) is 5.32 Å². The van der Waals surface area contributed by atoms with Crippen LogP contribution in [-0.2, 0) is 0 Å². The Morgan fingerprint density at radius 2 is 1.61 bits per heavy atom. The molecular weight excluding hydrogens is 292 g/mol. The van der Waals surface area contributed by atoms with Crippen molar-refractivity contribution in [3.8, 4) is 0 Å². The van der Waals surface area contributed by atoms with Crippen molar-refractivity contribution in [1.29, 1.82) is 0 Å². The largest absolute Gasteiger partial charge is 0.388 e. The Morgan fingerprint density at radius 1 is 1.04 bits per heavy atom. The number of rotatable bonds is 6. The summed E-state index contributed by atoms with van der Waals surface area (Å²) in [5, 5.41) is 13.0. The van der Waals surface area contributed by atoms with E-state index in [0.29, 0.717) is 17.5 Å². The van der Waals surface area contributed by atoms with Crippen molar-refractivity contribution in [3.63, 3.8) is 0 Å². The molecule has 0 saturated heterocycles. The van der Waals surface area contributed by atoms with Crippen molar-refractivity contribution in [1.82, 2.24) is 5.32 Å². The minimum Gasteiger partial charge on any atom is -0.388 e. The molecule has 5 nitrogen and oxygen atoms in total. The maximum atomic E-state index is 12.1. The molecule has 0 radical (unpaired) electrons. The second kappa shape index (κ2) is 7.56. The first-order chi connectivity index (χ1) is 11.0. The summed E-state index contributed by atoms with van der Waals surface area (Å²) in [4.78, 5) is 23.2. The summed E-state index contributed by atoms with van der Waals surface area (Å²) in [6.07, 6.45) is -0.224. The number of aliphatic hydroxyl groups excluding tert-OH is 1. The number of primary amides is 1. The van der Waals surface area contributed by atoms with Crippen LogP contribution in [0.15, 0.2) is 54.6 Å². The Labute approximate surface area is 135 Å². The van der Waals surface area contributed by atoms with Crippen LogP contribution in [-0.4, -0.2) is 23.0 Å². The van der Waals surface area contributed by atoms with Crippen molar-refractivity contribution in [3.05, 3.63) is 71.3 Å². The predicted octanol–water partition coefficient (Wildman–Crippen LogP) is 2.03. The van der Waals surface area contributed by atoms with E-state index >= 15 is 0 Å². The van der Waals surface area contributed by atoms with E-state index in [0.717, 1.165) is 5.56 Å². The normalized spacial score (nSPS) is 13.1. The molecular formula is C18H20N2O3. The van der Waals surface area contributed by atoms with Gasteiger partial charge in [0.2, 0.25) is 5.91 Å². The lowest BCUT2D eigenvalue weighted by atomic mass is 10.0. The number of carbonyl (C=O) groups is 2. The number of benzene rings is 2. The van der Waals surface area contributed by atoms with Gasteiger partial charge >= 0.3 is 0 Å². The Morgan fingerprint density at radius 3 is 2.17 bits per heavy atom. The molecule has 5 heteroatoms. The number of carbonyl (C=O) groups excluding carboxylic acids is 2. The van der Waals surface area contributed by atoms with Crippen molar-refractivity contribution in [2.75, 3.05) is 0 Å². The molecule has 23 heavy (non-hydrogen) atoms. The van der Waals surface area contributed by atoms with E-state index in [1.54, 1.807) is 12.1 Å². The van der Waals surface area contributed by atoms with Gasteiger partial charge in [0.25, 0.3) is 5.91 Å². The molecule has 0 aliphatic carbocycles. The molecule has 0 aromatic heterocycles. The zero-order chi connectivity index (χ0) is 16.8. The summed E-state index contributed by atoms with van der Waals surface area (Å²) in [5.74, 6) is -0.787. The van der Waals surface area contributed by atoms with E-state index in [4.69, 9.17) is 5.73 Å². The monoisotopic (exact) mass is 312 g/mol. The Hall–Kier alpha value is -2.66. The fourth-order valence-corrected chi connectivity index (χ4v) is 2.30. The SMILES string of the molecule is CC(CC(O)c1ccccc1)NC(=O)c1ccc(C(N)=O)cc1. The van der Waals surface area contributed by atoms with Gasteiger partial charge in [0.05, 0.1) is 6.10 Å². The molecule has 120 valence electrons. The molecule has 4 N–H and O–H groups in total. The number of aliphatic hydroxyl groups is 1. The van der Waals surface area contributed by atoms with Gasteiger partial charge in [0, 0.05) is 17.2 Å². The zero-order valence-electron chi connectivity index (χ0n) is 12.9. The second-order valence-electron chi connectivity index (χ2n) is 5.48. The lowest BCUT2D eigenvalue weighted by molar-refractivity contribution is 0.0915. The van der Waals surface area contributed by atoms with Gasteiger partial charge in [0.1, 0.15) is 0 Å². The van der Waals surface area contributed by atoms with Gasteiger partial charge in [-0.2, -0.15) is 0 Å². The van der Waals surface area contributed by atoms with Gasteiger partial charge in [-0.25, -0.2) is 0 Å². The summed E-state index contributed by atoms with van der Waals surface area (Å²) >= 11 is 0. The molecule has 2 aromatic carbocycles. The highest BCUT2D eigenvalue weighted by Gasteiger charge is 2.15. The maximum Gasteiger partial charge on any atom is 0.251 e. The average molecular weight is 312 g/mol. The Balaban J connectivity index is 1.93. The van der Waals surface area contributed by atoms with Crippen LogP contribution in [0, 0.1) is 0 Å². The summed E-state index contributed by atoms with van der Waals surface area (Å²) in [6, 6.07) is 15.2. The second-order valence-corrected chi connectivity index (χ2v) is 5.48. The smallest absolute Gasteiger partial charge is 0.251 e. The number of hydrogen-bond acceptors (Lipinski definition) is 3. The fraction of sp³-hybridized carbons (Fsp3) is 0.222. The highest BCUT2D eigenvalue weighted by molar-refractivity contribution is 5.97. The molecule has 2 atom stereocenters. The van der Waals surface area contributed by atoms with Gasteiger partial charge in [-0.05, 0) is 43.2 Å². The van der Waals surface area contributed by atoms with Gasteiger partial charge in [-0.3, -0.25) is 9.59 Å². The Kier molecular flexibility index (Phi) is 5.49. The highest BCUT2D eigenvalue weighted by Crippen LogP contribution is 2.18. The van der Waals surface area contributed by atoms with Crippen LogP contribution >= 0.6 is 0 Å². The fourth-order valence-electron chi connectivity index (χ4n) is 2.30. The molecule has 0 aliphatic rings. The third-order valence-electron chi connectivity index (χ3n) is 3.57. The zero-order valence-corrected chi connectivity index (χ0v) is 12.9. The van der Waals surface area contributed by atoms with Crippen molar-refractivity contribution in [2.45, 2.75) is 25.5 Å². The van der Waals surface area contributed by atoms with Gasteiger partial charge in [0.15, 0.2) is 0 Å². The number of amides is 2. The maximum absolute atomic E-state index is 12.1. The molecule has 0 aliphatic heterocycles. The lowest BCUT2D eigenvalue weighted by Gasteiger charge is -2.18. The van der Waals surface area contributed by atoms with Crippen LogP contribution in [0.5, 0.6) is 0 Å². The minimum atomic E-state index is -0.635. The minimum absolute atomic E-state index is 0.200. The van der Waals surface area contributed by atoms with Gasteiger partial charge in [-0.15, -0.1) is 0 Å². The molecule has 0 spiro atoms. The topological polar surface area (TPSA) is 92.4 Å². The van der Waals surface area contributed by atoms with Crippen molar-refractivity contribution >= 4 is 11.8 Å². The molecule has 0 fully saturated rings. The predicted molar refractivity (Wildman–Crippen MR) is 87.9 cm³/mol. The van der Waals surface area contributed by atoms with E-state index in [1.165, 1.54) is 12.1 Å². The van der Waals surface area contributed by atoms with Crippen LogP contribution in [0.3, 0.4) is 0 Å². The van der Waals surface area contributed by atoms with Gasteiger partial charge < -0.3 is 16.2 Å². The summed E-state index contributed by atoms with van der Waals surface area (Å²) in [7, 11) is 0. The summed E-state index contributed by atoms with van der Waals surface area (Å²) < 4.78 is 0. The first-order valence-corrected chi connectivity index (χ1v) is 7.41. The molecule has 2 rings (SSSR count). The van der Waals surface area contributed by atoms with Crippen molar-refractivity contribution < 1.29 is 14.7 Å². The molecule has 0 bridgehead atoms. The van der Waals surface area contributed by atoms with Gasteiger partial charge in [-0.1, -0.05) is 30.3 Å². The number of nitrogens with one attached hydrogen (secondary N) is 1. The first kappa shape index (κ1) is 16.7. The summed E-state index contributed by atoms with van der Waals surface area (Å²) in [6.45, 7) is 1.84. The van der Waals surface area contributed by atoms with E-state index in [9.17, 15) is 14.7 Å². The van der Waals surface area contributed by atoms with E-state index in [-0.39, 0.29) is 11.9 Å². The number of nitrogens with two attached hydrogens (primary N) is 1. The number of hydrogen-bond donors (Lipinski definition) is 3. The average Bonchev–Trinajstić information content (AvgIpc) is 2.55. The third-order valence-corrected chi connectivity index (χ3v) is 3.57. The third kappa shape index (κ3) is 4.66. The molecule has 0 heterocycles. The molecule has 2 unspecified atom stereocenters. The van der Waals surface area contributed by atoms with Crippen LogP contribution in [0.1, 0.15) is 45.7 Å². The molecule has 2 amide bonds. The summed E-state index contributed by atoms with van der Waals surface area (Å²) in [5.41, 5.74) is 6.78. The van der Waals surface area contributed by atoms with Crippen LogP contribution in [0.4, 0.5) is 0 Å². The Bertz CT molecular complexity index is 668. The highest BCUT2D eigenvalue weighted by atomic mass is 16.3. The quantitative estimate of drug-likeness (QED) is 0.762.